The van der Waals surface area contributed by atoms with Crippen LogP contribution >= 0.6 is 35.6 Å². The molecule has 0 aliphatic rings. The predicted octanol–water partition coefficient (Wildman–Crippen LogP) is 2.08. The van der Waals surface area contributed by atoms with E-state index in [2.05, 4.69) is 20.6 Å². The number of hydrogen-bond donors (Lipinski definition) is 3. The van der Waals surface area contributed by atoms with Crippen LogP contribution in [0.5, 0.6) is 0 Å². The first kappa shape index (κ1) is 20.4. The van der Waals surface area contributed by atoms with Crippen LogP contribution < -0.4 is 10.6 Å². The molecular formula is C14H24ClIN4O. The number of aliphatic imine (C=N–C) groups is 1. The third-order valence-corrected chi connectivity index (χ3v) is 2.94. The maximum atomic E-state index is 9.00. The fourth-order valence-corrected chi connectivity index (χ4v) is 1.64. The Morgan fingerprint density at radius 1 is 1.43 bits per heavy atom. The molecular weight excluding hydrogens is 403 g/mol. The summed E-state index contributed by atoms with van der Waals surface area (Å²) in [7, 11) is 0. The molecule has 1 unspecified atom stereocenters. The van der Waals surface area contributed by atoms with E-state index >= 15 is 0 Å². The van der Waals surface area contributed by atoms with Crippen molar-refractivity contribution in [3.63, 3.8) is 0 Å². The summed E-state index contributed by atoms with van der Waals surface area (Å²) < 4.78 is 0. The van der Waals surface area contributed by atoms with Gasteiger partial charge in [0.1, 0.15) is 5.15 Å². The summed E-state index contributed by atoms with van der Waals surface area (Å²) in [6, 6.07) is 3.76. The Labute approximate surface area is 148 Å². The molecule has 0 amide bonds. The van der Waals surface area contributed by atoms with E-state index in [-0.39, 0.29) is 36.5 Å². The van der Waals surface area contributed by atoms with Crippen LogP contribution in [0.15, 0.2) is 23.3 Å². The van der Waals surface area contributed by atoms with E-state index in [0.29, 0.717) is 11.7 Å². The first-order valence-electron chi connectivity index (χ1n) is 6.89. The summed E-state index contributed by atoms with van der Waals surface area (Å²) in [6.45, 7) is 6.32. The molecule has 0 aliphatic heterocycles. The summed E-state index contributed by atoms with van der Waals surface area (Å²) in [4.78, 5) is 8.48. The third-order valence-electron chi connectivity index (χ3n) is 2.71. The summed E-state index contributed by atoms with van der Waals surface area (Å²) in [5.74, 6) is 0.945. The Bertz CT molecular complexity index is 414. The van der Waals surface area contributed by atoms with E-state index in [1.54, 1.807) is 12.3 Å². The second-order valence-corrected chi connectivity index (χ2v) is 5.06. The zero-order chi connectivity index (χ0) is 14.8. The van der Waals surface area contributed by atoms with E-state index in [1.807, 2.05) is 19.9 Å². The molecule has 21 heavy (non-hydrogen) atoms. The highest BCUT2D eigenvalue weighted by molar-refractivity contribution is 14.0. The lowest BCUT2D eigenvalue weighted by Gasteiger charge is -2.12. The third kappa shape index (κ3) is 9.10. The molecule has 0 aliphatic carbocycles. The first-order chi connectivity index (χ1) is 9.65. The van der Waals surface area contributed by atoms with Crippen LogP contribution in [-0.2, 0) is 6.42 Å². The average Bonchev–Trinajstić information content (AvgIpc) is 2.46. The molecule has 0 radical (unpaired) electrons. The minimum absolute atomic E-state index is 0. The van der Waals surface area contributed by atoms with Crippen molar-refractivity contribution in [1.29, 1.82) is 0 Å². The number of rotatable bonds is 7. The molecule has 1 aromatic heterocycles. The van der Waals surface area contributed by atoms with Gasteiger partial charge in [-0.3, -0.25) is 4.99 Å². The van der Waals surface area contributed by atoms with E-state index in [4.69, 9.17) is 16.7 Å². The number of nitrogens with one attached hydrogen (secondary N) is 2. The second-order valence-electron chi connectivity index (χ2n) is 4.67. The molecule has 7 heteroatoms. The minimum Gasteiger partial charge on any atom is -0.396 e. The smallest absolute Gasteiger partial charge is 0.191 e. The Morgan fingerprint density at radius 3 is 2.76 bits per heavy atom. The molecule has 3 N–H and O–H groups in total. The van der Waals surface area contributed by atoms with Gasteiger partial charge in [0.25, 0.3) is 0 Å². The molecule has 1 aromatic rings. The lowest BCUT2D eigenvalue weighted by atomic mass is 10.2. The molecule has 0 saturated heterocycles. The fraction of sp³-hybridized carbons (Fsp3) is 0.571. The SMILES string of the molecule is CCNC(=NCC(C)CO)NCCc1ccc(Cl)nc1.I. The highest BCUT2D eigenvalue weighted by Gasteiger charge is 2.01. The van der Waals surface area contributed by atoms with E-state index < -0.39 is 0 Å². The first-order valence-corrected chi connectivity index (χ1v) is 7.27. The summed E-state index contributed by atoms with van der Waals surface area (Å²) in [5, 5.41) is 15.9. The average molecular weight is 427 g/mol. The van der Waals surface area contributed by atoms with Crippen molar-refractivity contribution in [3.8, 4) is 0 Å². The fourth-order valence-electron chi connectivity index (χ4n) is 1.53. The van der Waals surface area contributed by atoms with Gasteiger partial charge in [-0.1, -0.05) is 24.6 Å². The molecule has 0 saturated carbocycles. The molecule has 5 nitrogen and oxygen atoms in total. The molecule has 0 spiro atoms. The zero-order valence-electron chi connectivity index (χ0n) is 12.5. The topological polar surface area (TPSA) is 69.5 Å². The maximum absolute atomic E-state index is 9.00. The van der Waals surface area contributed by atoms with Gasteiger partial charge in [0.05, 0.1) is 0 Å². The van der Waals surface area contributed by atoms with E-state index in [9.17, 15) is 0 Å². The van der Waals surface area contributed by atoms with Gasteiger partial charge in [-0.05, 0) is 30.9 Å². The number of nitrogens with zero attached hydrogens (tertiary/aromatic N) is 2. The minimum atomic E-state index is 0. The summed E-state index contributed by atoms with van der Waals surface area (Å²) in [6.07, 6.45) is 2.63. The van der Waals surface area contributed by atoms with Crippen molar-refractivity contribution in [2.24, 2.45) is 10.9 Å². The number of aliphatic hydroxyl groups is 1. The van der Waals surface area contributed by atoms with Crippen molar-refractivity contribution >= 4 is 41.5 Å². The molecule has 1 rings (SSSR count). The van der Waals surface area contributed by atoms with Gasteiger partial charge in [0.15, 0.2) is 5.96 Å². The highest BCUT2D eigenvalue weighted by atomic mass is 127. The number of pyridine rings is 1. The lowest BCUT2D eigenvalue weighted by molar-refractivity contribution is 0.241. The Kier molecular flexibility index (Phi) is 11.7. The molecule has 0 aromatic carbocycles. The van der Waals surface area contributed by atoms with Gasteiger partial charge in [-0.25, -0.2) is 4.98 Å². The van der Waals surface area contributed by atoms with Crippen LogP contribution in [0.25, 0.3) is 0 Å². The van der Waals surface area contributed by atoms with Gasteiger partial charge >= 0.3 is 0 Å². The van der Waals surface area contributed by atoms with Gasteiger partial charge in [-0.2, -0.15) is 0 Å². The number of halogens is 2. The highest BCUT2D eigenvalue weighted by Crippen LogP contribution is 2.05. The quantitative estimate of drug-likeness (QED) is 0.270. The Hall–Kier alpha value is -0.600. The van der Waals surface area contributed by atoms with Crippen LogP contribution in [0.3, 0.4) is 0 Å². The number of aromatic nitrogens is 1. The van der Waals surface area contributed by atoms with Crippen LogP contribution in [0.4, 0.5) is 0 Å². The molecule has 0 bridgehead atoms. The van der Waals surface area contributed by atoms with Crippen molar-refractivity contribution in [2.75, 3.05) is 26.2 Å². The standard InChI is InChI=1S/C14H23ClN4O.HI/c1-3-16-14(19-8-11(2)10-20)17-7-6-12-4-5-13(15)18-9-12;/h4-5,9,11,20H,3,6-8,10H2,1-2H3,(H2,16,17,19);1H. The van der Waals surface area contributed by atoms with Crippen molar-refractivity contribution < 1.29 is 5.11 Å². The normalized spacial score (nSPS) is 12.5. The van der Waals surface area contributed by atoms with Gasteiger partial charge in [-0.15, -0.1) is 24.0 Å². The number of guanidine groups is 1. The second kappa shape index (κ2) is 12.0. The Morgan fingerprint density at radius 2 is 2.19 bits per heavy atom. The molecule has 120 valence electrons. The van der Waals surface area contributed by atoms with E-state index in [1.165, 1.54) is 0 Å². The van der Waals surface area contributed by atoms with E-state index in [0.717, 1.165) is 31.0 Å². The van der Waals surface area contributed by atoms with Crippen LogP contribution in [0.2, 0.25) is 5.15 Å². The molecule has 1 atom stereocenters. The molecule has 1 heterocycles. The lowest BCUT2D eigenvalue weighted by Crippen LogP contribution is -2.38. The maximum Gasteiger partial charge on any atom is 0.191 e. The van der Waals surface area contributed by atoms with Crippen LogP contribution in [0, 0.1) is 5.92 Å². The summed E-state index contributed by atoms with van der Waals surface area (Å²) >= 11 is 5.75. The van der Waals surface area contributed by atoms with Crippen LogP contribution in [-0.4, -0.2) is 42.3 Å². The largest absolute Gasteiger partial charge is 0.396 e. The van der Waals surface area contributed by atoms with Crippen LogP contribution in [0.1, 0.15) is 19.4 Å². The van der Waals surface area contributed by atoms with Crippen molar-refractivity contribution in [3.05, 3.63) is 29.0 Å². The van der Waals surface area contributed by atoms with Crippen molar-refractivity contribution in [2.45, 2.75) is 20.3 Å². The Balaban J connectivity index is 0.00000400. The summed E-state index contributed by atoms with van der Waals surface area (Å²) in [5.41, 5.74) is 1.13. The number of aliphatic hydroxyl groups excluding tert-OH is 1. The van der Waals surface area contributed by atoms with Crippen molar-refractivity contribution in [1.82, 2.24) is 15.6 Å². The number of hydrogen-bond acceptors (Lipinski definition) is 3. The van der Waals surface area contributed by atoms with Gasteiger partial charge in [0, 0.05) is 32.4 Å². The monoisotopic (exact) mass is 426 g/mol. The van der Waals surface area contributed by atoms with Gasteiger partial charge < -0.3 is 15.7 Å². The zero-order valence-corrected chi connectivity index (χ0v) is 15.6. The van der Waals surface area contributed by atoms with Gasteiger partial charge in [0.2, 0.25) is 0 Å². The molecule has 0 fully saturated rings. The predicted molar refractivity (Wildman–Crippen MR) is 98.6 cm³/mol.